The van der Waals surface area contributed by atoms with Gasteiger partial charge in [0.05, 0.1) is 5.69 Å². The van der Waals surface area contributed by atoms with E-state index in [0.717, 1.165) is 24.4 Å². The Morgan fingerprint density at radius 2 is 2.05 bits per heavy atom. The summed E-state index contributed by atoms with van der Waals surface area (Å²) in [6.07, 6.45) is 5.11. The molecule has 0 spiro atoms. The van der Waals surface area contributed by atoms with Crippen molar-refractivity contribution in [2.45, 2.75) is 39.0 Å². The predicted octanol–water partition coefficient (Wildman–Crippen LogP) is 2.69. The molecule has 0 unspecified atom stereocenters. The standard InChI is InChI=1S/C13H18N2O3S/c1-8-11(13(17)18)12(19-14-8)15(2)10(16)7-9-5-3-4-6-9/h9H,3-7H2,1-2H3,(H,17,18). The third-order valence-electron chi connectivity index (χ3n) is 3.68. The number of aryl methyl sites for hydroxylation is 1. The highest BCUT2D eigenvalue weighted by atomic mass is 32.1. The van der Waals surface area contributed by atoms with Crippen LogP contribution < -0.4 is 4.90 Å². The first-order chi connectivity index (χ1) is 9.00. The number of carboxylic acid groups (broad SMARTS) is 1. The van der Waals surface area contributed by atoms with E-state index in [-0.39, 0.29) is 11.5 Å². The minimum Gasteiger partial charge on any atom is -0.478 e. The average molecular weight is 282 g/mol. The lowest BCUT2D eigenvalue weighted by Crippen LogP contribution is -2.28. The minimum atomic E-state index is -1.03. The molecule has 0 aliphatic heterocycles. The van der Waals surface area contributed by atoms with Crippen LogP contribution in [0.1, 0.15) is 48.2 Å². The first-order valence-electron chi connectivity index (χ1n) is 6.46. The molecule has 0 atom stereocenters. The molecule has 1 saturated carbocycles. The summed E-state index contributed by atoms with van der Waals surface area (Å²) in [6, 6.07) is 0. The van der Waals surface area contributed by atoms with E-state index in [0.29, 0.717) is 23.0 Å². The van der Waals surface area contributed by atoms with Crippen molar-refractivity contribution in [1.82, 2.24) is 4.37 Å². The van der Waals surface area contributed by atoms with E-state index in [1.54, 1.807) is 14.0 Å². The maximum absolute atomic E-state index is 12.2. The topological polar surface area (TPSA) is 70.5 Å². The average Bonchev–Trinajstić information content (AvgIpc) is 2.97. The molecule has 1 aliphatic carbocycles. The summed E-state index contributed by atoms with van der Waals surface area (Å²) >= 11 is 1.07. The molecular formula is C13H18N2O3S. The van der Waals surface area contributed by atoms with Gasteiger partial charge in [0, 0.05) is 13.5 Å². The third kappa shape index (κ3) is 2.94. The van der Waals surface area contributed by atoms with Gasteiger partial charge in [-0.15, -0.1) is 0 Å². The molecule has 6 heteroatoms. The van der Waals surface area contributed by atoms with Gasteiger partial charge in [-0.3, -0.25) is 4.79 Å². The highest BCUT2D eigenvalue weighted by molar-refractivity contribution is 7.11. The highest BCUT2D eigenvalue weighted by Crippen LogP contribution is 2.31. The number of nitrogens with zero attached hydrogens (tertiary/aromatic N) is 2. The molecule has 104 valence electrons. The zero-order valence-electron chi connectivity index (χ0n) is 11.2. The second-order valence-electron chi connectivity index (χ2n) is 5.06. The van der Waals surface area contributed by atoms with Crippen LogP contribution in [0.2, 0.25) is 0 Å². The Morgan fingerprint density at radius 1 is 1.42 bits per heavy atom. The molecule has 1 fully saturated rings. The van der Waals surface area contributed by atoms with Gasteiger partial charge in [0.1, 0.15) is 10.6 Å². The molecule has 1 N–H and O–H groups in total. The number of anilines is 1. The number of aromatic carboxylic acids is 1. The van der Waals surface area contributed by atoms with Crippen LogP contribution in [-0.4, -0.2) is 28.4 Å². The van der Waals surface area contributed by atoms with E-state index < -0.39 is 5.97 Å². The molecule has 2 rings (SSSR count). The van der Waals surface area contributed by atoms with Crippen molar-refractivity contribution in [2.24, 2.45) is 5.92 Å². The van der Waals surface area contributed by atoms with Gasteiger partial charge in [0.15, 0.2) is 0 Å². The van der Waals surface area contributed by atoms with Gasteiger partial charge >= 0.3 is 5.97 Å². The fourth-order valence-electron chi connectivity index (χ4n) is 2.54. The molecule has 1 aliphatic rings. The van der Waals surface area contributed by atoms with Crippen LogP contribution in [0.5, 0.6) is 0 Å². The van der Waals surface area contributed by atoms with Gasteiger partial charge in [-0.05, 0) is 37.2 Å². The molecule has 1 aromatic heterocycles. The fourth-order valence-corrected chi connectivity index (χ4v) is 3.41. The quantitative estimate of drug-likeness (QED) is 0.921. The molecule has 0 aromatic carbocycles. The smallest absolute Gasteiger partial charge is 0.340 e. The highest BCUT2D eigenvalue weighted by Gasteiger charge is 2.26. The Hall–Kier alpha value is -1.43. The van der Waals surface area contributed by atoms with Gasteiger partial charge < -0.3 is 10.0 Å². The summed E-state index contributed by atoms with van der Waals surface area (Å²) in [6.45, 7) is 1.65. The van der Waals surface area contributed by atoms with Crippen LogP contribution in [-0.2, 0) is 4.79 Å². The van der Waals surface area contributed by atoms with Crippen molar-refractivity contribution in [2.75, 3.05) is 11.9 Å². The van der Waals surface area contributed by atoms with Crippen molar-refractivity contribution < 1.29 is 14.7 Å². The number of hydrogen-bond donors (Lipinski definition) is 1. The van der Waals surface area contributed by atoms with Crippen LogP contribution >= 0.6 is 11.5 Å². The zero-order chi connectivity index (χ0) is 14.0. The summed E-state index contributed by atoms with van der Waals surface area (Å²) in [4.78, 5) is 24.9. The molecule has 0 radical (unpaired) electrons. The molecular weight excluding hydrogens is 264 g/mol. The van der Waals surface area contributed by atoms with Gasteiger partial charge in [0.2, 0.25) is 5.91 Å². The van der Waals surface area contributed by atoms with Crippen molar-refractivity contribution >= 4 is 28.4 Å². The number of hydrogen-bond acceptors (Lipinski definition) is 4. The molecule has 5 nitrogen and oxygen atoms in total. The Labute approximate surface area is 116 Å². The van der Waals surface area contributed by atoms with Crippen molar-refractivity contribution in [3.05, 3.63) is 11.3 Å². The number of rotatable bonds is 4. The molecule has 1 aromatic rings. The summed E-state index contributed by atoms with van der Waals surface area (Å²) in [7, 11) is 1.64. The number of carbonyl (C=O) groups excluding carboxylic acids is 1. The van der Waals surface area contributed by atoms with Crippen molar-refractivity contribution in [3.8, 4) is 0 Å². The van der Waals surface area contributed by atoms with Crippen molar-refractivity contribution in [1.29, 1.82) is 0 Å². The maximum Gasteiger partial charge on any atom is 0.340 e. The third-order valence-corrected chi connectivity index (χ3v) is 4.69. The Balaban J connectivity index is 2.12. The summed E-state index contributed by atoms with van der Waals surface area (Å²) in [5, 5.41) is 9.62. The van der Waals surface area contributed by atoms with Crippen LogP contribution in [0.25, 0.3) is 0 Å². The molecule has 0 saturated heterocycles. The lowest BCUT2D eigenvalue weighted by molar-refractivity contribution is -0.119. The van der Waals surface area contributed by atoms with Gasteiger partial charge in [-0.25, -0.2) is 4.79 Å². The lowest BCUT2D eigenvalue weighted by Gasteiger charge is -2.18. The molecule has 19 heavy (non-hydrogen) atoms. The number of amides is 1. The minimum absolute atomic E-state index is 0.0157. The second-order valence-corrected chi connectivity index (χ2v) is 5.81. The van der Waals surface area contributed by atoms with E-state index in [2.05, 4.69) is 4.37 Å². The zero-order valence-corrected chi connectivity index (χ0v) is 12.0. The van der Waals surface area contributed by atoms with Crippen LogP contribution in [0.4, 0.5) is 5.00 Å². The van der Waals surface area contributed by atoms with E-state index in [1.165, 1.54) is 17.7 Å². The molecule has 0 bridgehead atoms. The first kappa shape index (κ1) is 14.0. The monoisotopic (exact) mass is 282 g/mol. The Bertz CT molecular complexity index is 492. The lowest BCUT2D eigenvalue weighted by atomic mass is 10.0. The summed E-state index contributed by atoms with van der Waals surface area (Å²) < 4.78 is 4.04. The normalized spacial score (nSPS) is 15.7. The van der Waals surface area contributed by atoms with E-state index in [1.807, 2.05) is 0 Å². The summed E-state index contributed by atoms with van der Waals surface area (Å²) in [5.74, 6) is -0.586. The number of carbonyl (C=O) groups is 2. The molecule has 1 heterocycles. The SMILES string of the molecule is Cc1nsc(N(C)C(=O)CC2CCCC2)c1C(=O)O. The van der Waals surface area contributed by atoms with Crippen LogP contribution in [0.3, 0.4) is 0 Å². The van der Waals surface area contributed by atoms with E-state index in [9.17, 15) is 14.7 Å². The number of carboxylic acids is 1. The van der Waals surface area contributed by atoms with Crippen molar-refractivity contribution in [3.63, 3.8) is 0 Å². The first-order valence-corrected chi connectivity index (χ1v) is 7.24. The predicted molar refractivity (Wildman–Crippen MR) is 73.8 cm³/mol. The second kappa shape index (κ2) is 5.69. The van der Waals surface area contributed by atoms with Gasteiger partial charge in [-0.1, -0.05) is 12.8 Å². The largest absolute Gasteiger partial charge is 0.478 e. The summed E-state index contributed by atoms with van der Waals surface area (Å²) in [5.41, 5.74) is 0.611. The van der Waals surface area contributed by atoms with Gasteiger partial charge in [0.25, 0.3) is 0 Å². The van der Waals surface area contributed by atoms with Crippen LogP contribution in [0.15, 0.2) is 0 Å². The number of aromatic nitrogens is 1. The van der Waals surface area contributed by atoms with Crippen LogP contribution in [0, 0.1) is 12.8 Å². The molecule has 1 amide bonds. The Morgan fingerprint density at radius 3 is 2.63 bits per heavy atom. The van der Waals surface area contributed by atoms with Gasteiger partial charge in [-0.2, -0.15) is 4.37 Å². The fraction of sp³-hybridized carbons (Fsp3) is 0.615. The maximum atomic E-state index is 12.2. The Kier molecular flexibility index (Phi) is 4.19. The van der Waals surface area contributed by atoms with E-state index >= 15 is 0 Å². The van der Waals surface area contributed by atoms with E-state index in [4.69, 9.17) is 0 Å².